The van der Waals surface area contributed by atoms with E-state index in [0.29, 0.717) is 30.6 Å². The van der Waals surface area contributed by atoms with Crippen molar-refractivity contribution < 1.29 is 27.5 Å². The Hall–Kier alpha value is -2.32. The number of carbonyl (C=O) groups excluding carboxylic acids is 2. The summed E-state index contributed by atoms with van der Waals surface area (Å²) in [6.45, 7) is 6.00. The van der Waals surface area contributed by atoms with Crippen LogP contribution in [-0.4, -0.2) is 40.1 Å². The lowest BCUT2D eigenvalue weighted by atomic mass is 9.67. The molecular weight excluding hydrogens is 435 g/mol. The highest BCUT2D eigenvalue weighted by atomic mass is 19.4. The summed E-state index contributed by atoms with van der Waals surface area (Å²) in [6, 6.07) is 0.974. The van der Waals surface area contributed by atoms with Crippen LogP contribution in [0.1, 0.15) is 76.1 Å². The van der Waals surface area contributed by atoms with E-state index >= 15 is 0 Å². The highest BCUT2D eigenvalue weighted by Gasteiger charge is 2.55. The molecule has 1 aromatic rings. The van der Waals surface area contributed by atoms with E-state index in [2.05, 4.69) is 10.3 Å². The van der Waals surface area contributed by atoms with Crippen molar-refractivity contribution in [3.8, 4) is 0 Å². The second-order valence-electron chi connectivity index (χ2n) is 10.7. The monoisotopic (exact) mass is 467 g/mol. The molecule has 1 aromatic heterocycles. The summed E-state index contributed by atoms with van der Waals surface area (Å²) in [6.07, 6.45) is 1.27. The quantitative estimate of drug-likeness (QED) is 0.675. The fraction of sp³-hybridized carbons (Fsp3) is 0.708. The molecule has 0 bridgehead atoms. The molecule has 182 valence electrons. The van der Waals surface area contributed by atoms with Gasteiger partial charge in [0, 0.05) is 37.4 Å². The fourth-order valence-electron chi connectivity index (χ4n) is 5.81. The van der Waals surface area contributed by atoms with E-state index in [9.17, 15) is 22.8 Å². The van der Waals surface area contributed by atoms with E-state index in [4.69, 9.17) is 4.74 Å². The third-order valence-electron chi connectivity index (χ3n) is 7.19. The van der Waals surface area contributed by atoms with Gasteiger partial charge < -0.3 is 15.0 Å². The number of alkyl carbamates (subject to hydrolysis) is 1. The molecule has 0 saturated heterocycles. The summed E-state index contributed by atoms with van der Waals surface area (Å²) in [5, 5.41) is 2.95. The SMILES string of the molecule is CC(C)(C)OC(=O)N[C@@H]1C[C@H]2CCCC[C@@]2(C(=O)N2CCc3ncc(C(F)(F)F)cc3C2)C1. The zero-order chi connectivity index (χ0) is 24.0. The molecule has 2 saturated carbocycles. The minimum Gasteiger partial charge on any atom is -0.444 e. The van der Waals surface area contributed by atoms with Crippen LogP contribution in [0, 0.1) is 11.3 Å². The Morgan fingerprint density at radius 3 is 2.70 bits per heavy atom. The van der Waals surface area contributed by atoms with Gasteiger partial charge in [-0.05, 0) is 64.0 Å². The summed E-state index contributed by atoms with van der Waals surface area (Å²) >= 11 is 0. The van der Waals surface area contributed by atoms with Gasteiger partial charge in [0.05, 0.1) is 11.0 Å². The van der Waals surface area contributed by atoms with Crippen molar-refractivity contribution in [1.82, 2.24) is 15.2 Å². The first-order valence-electron chi connectivity index (χ1n) is 11.7. The van der Waals surface area contributed by atoms with Crippen molar-refractivity contribution in [1.29, 1.82) is 0 Å². The van der Waals surface area contributed by atoms with Crippen molar-refractivity contribution >= 4 is 12.0 Å². The van der Waals surface area contributed by atoms with E-state index < -0.39 is 28.8 Å². The van der Waals surface area contributed by atoms with Crippen molar-refractivity contribution in [3.05, 3.63) is 29.1 Å². The van der Waals surface area contributed by atoms with Gasteiger partial charge in [-0.15, -0.1) is 0 Å². The second kappa shape index (κ2) is 8.47. The molecule has 2 fully saturated rings. The summed E-state index contributed by atoms with van der Waals surface area (Å²) in [5.41, 5.74) is -0.875. The maximum Gasteiger partial charge on any atom is 0.417 e. The molecule has 1 aliphatic heterocycles. The number of nitrogens with zero attached hydrogens (tertiary/aromatic N) is 2. The van der Waals surface area contributed by atoms with Crippen LogP contribution in [0.5, 0.6) is 0 Å². The summed E-state index contributed by atoms with van der Waals surface area (Å²) in [5.74, 6) is 0.156. The second-order valence-corrected chi connectivity index (χ2v) is 10.7. The van der Waals surface area contributed by atoms with E-state index in [1.165, 1.54) is 0 Å². The molecule has 4 rings (SSSR count). The van der Waals surface area contributed by atoms with Crippen LogP contribution in [0.4, 0.5) is 18.0 Å². The third-order valence-corrected chi connectivity index (χ3v) is 7.19. The molecular formula is C24H32F3N3O3. The van der Waals surface area contributed by atoms with Crippen LogP contribution in [0.25, 0.3) is 0 Å². The normalized spacial score (nSPS) is 27.5. The van der Waals surface area contributed by atoms with Gasteiger partial charge in [-0.2, -0.15) is 13.2 Å². The van der Waals surface area contributed by atoms with Gasteiger partial charge in [0.15, 0.2) is 0 Å². The average molecular weight is 468 g/mol. The third kappa shape index (κ3) is 4.96. The molecule has 6 nitrogen and oxygen atoms in total. The van der Waals surface area contributed by atoms with Crippen molar-refractivity contribution in [2.45, 2.75) is 90.1 Å². The zero-order valence-electron chi connectivity index (χ0n) is 19.4. The Morgan fingerprint density at radius 2 is 2.00 bits per heavy atom. The number of carbonyl (C=O) groups is 2. The van der Waals surface area contributed by atoms with Crippen LogP contribution in [-0.2, 0) is 28.7 Å². The summed E-state index contributed by atoms with van der Waals surface area (Å²) in [7, 11) is 0. The minimum absolute atomic E-state index is 0.00347. The van der Waals surface area contributed by atoms with Gasteiger partial charge in [-0.25, -0.2) is 4.79 Å². The van der Waals surface area contributed by atoms with Crippen LogP contribution in [0.3, 0.4) is 0 Å². The van der Waals surface area contributed by atoms with Gasteiger partial charge in [0.2, 0.25) is 5.91 Å². The number of hydrogen-bond acceptors (Lipinski definition) is 4. The molecule has 3 aliphatic rings. The Bertz CT molecular complexity index is 928. The number of rotatable bonds is 2. The van der Waals surface area contributed by atoms with Crippen molar-refractivity contribution in [3.63, 3.8) is 0 Å². The predicted molar refractivity (Wildman–Crippen MR) is 115 cm³/mol. The number of ether oxygens (including phenoxy) is 1. The Labute approximate surface area is 192 Å². The molecule has 1 N–H and O–H groups in total. The Kier molecular flexibility index (Phi) is 6.12. The smallest absolute Gasteiger partial charge is 0.417 e. The molecule has 0 radical (unpaired) electrons. The standard InChI is InChI=1S/C24H32F3N3O3/c1-22(2,3)33-21(32)29-18-11-16-6-4-5-8-23(16,12-18)20(31)30-9-7-19-15(14-30)10-17(13-28-19)24(25,26)27/h10,13,16,18H,4-9,11-12,14H2,1-3H3,(H,29,32)/t16-,18-,23-/m1/s1. The van der Waals surface area contributed by atoms with Gasteiger partial charge in [0.1, 0.15) is 5.60 Å². The van der Waals surface area contributed by atoms with Crippen molar-refractivity contribution in [2.75, 3.05) is 6.54 Å². The van der Waals surface area contributed by atoms with Crippen molar-refractivity contribution in [2.24, 2.45) is 11.3 Å². The lowest BCUT2D eigenvalue weighted by molar-refractivity contribution is -0.147. The lowest BCUT2D eigenvalue weighted by Gasteiger charge is -2.42. The molecule has 2 amide bonds. The molecule has 2 aliphatic carbocycles. The van der Waals surface area contributed by atoms with Crippen LogP contribution < -0.4 is 5.32 Å². The molecule has 3 atom stereocenters. The largest absolute Gasteiger partial charge is 0.444 e. The fourth-order valence-corrected chi connectivity index (χ4v) is 5.81. The Balaban J connectivity index is 1.51. The van der Waals surface area contributed by atoms with Gasteiger partial charge >= 0.3 is 12.3 Å². The van der Waals surface area contributed by atoms with E-state index in [1.807, 2.05) is 0 Å². The number of nitrogens with one attached hydrogen (secondary N) is 1. The first-order valence-corrected chi connectivity index (χ1v) is 11.7. The number of halogens is 3. The summed E-state index contributed by atoms with van der Waals surface area (Å²) < 4.78 is 44.9. The lowest BCUT2D eigenvalue weighted by Crippen LogP contribution is -2.49. The van der Waals surface area contributed by atoms with E-state index in [0.717, 1.165) is 44.4 Å². The zero-order valence-corrected chi connectivity index (χ0v) is 19.4. The number of amides is 2. The molecule has 2 heterocycles. The highest BCUT2D eigenvalue weighted by molar-refractivity contribution is 5.84. The average Bonchev–Trinajstić information content (AvgIpc) is 3.09. The summed E-state index contributed by atoms with van der Waals surface area (Å²) in [4.78, 5) is 31.9. The molecule has 33 heavy (non-hydrogen) atoms. The van der Waals surface area contributed by atoms with E-state index in [1.54, 1.807) is 25.7 Å². The number of aromatic nitrogens is 1. The van der Waals surface area contributed by atoms with Gasteiger partial charge in [-0.1, -0.05) is 12.8 Å². The number of pyridine rings is 1. The predicted octanol–water partition coefficient (Wildman–Crippen LogP) is 4.85. The highest BCUT2D eigenvalue weighted by Crippen LogP contribution is 2.53. The van der Waals surface area contributed by atoms with Crippen LogP contribution in [0.15, 0.2) is 12.3 Å². The maximum atomic E-state index is 13.8. The number of alkyl halides is 3. The van der Waals surface area contributed by atoms with Gasteiger partial charge in [0.25, 0.3) is 0 Å². The first-order chi connectivity index (χ1) is 15.4. The van der Waals surface area contributed by atoms with E-state index in [-0.39, 0.29) is 24.4 Å². The Morgan fingerprint density at radius 1 is 1.24 bits per heavy atom. The molecule has 0 unspecified atom stereocenters. The first kappa shape index (κ1) is 23.8. The van der Waals surface area contributed by atoms with Crippen LogP contribution >= 0.6 is 0 Å². The number of hydrogen-bond donors (Lipinski definition) is 1. The topological polar surface area (TPSA) is 71.5 Å². The van der Waals surface area contributed by atoms with Gasteiger partial charge in [-0.3, -0.25) is 9.78 Å². The molecule has 0 spiro atoms. The molecule has 9 heteroatoms. The molecule has 0 aromatic carbocycles. The minimum atomic E-state index is -4.46. The maximum absolute atomic E-state index is 13.8. The number of fused-ring (bicyclic) bond motifs is 2. The van der Waals surface area contributed by atoms with Crippen LogP contribution in [0.2, 0.25) is 0 Å².